The van der Waals surface area contributed by atoms with Gasteiger partial charge in [0.25, 0.3) is 0 Å². The van der Waals surface area contributed by atoms with Gasteiger partial charge in [0.2, 0.25) is 0 Å². The number of hydrogen-bond acceptors (Lipinski definition) is 1. The minimum absolute atomic E-state index is 0.273. The van der Waals surface area contributed by atoms with Gasteiger partial charge in [-0.1, -0.05) is 24.6 Å². The van der Waals surface area contributed by atoms with Crippen LogP contribution in [0.15, 0.2) is 24.3 Å². The summed E-state index contributed by atoms with van der Waals surface area (Å²) in [5.41, 5.74) is 1.23. The highest BCUT2D eigenvalue weighted by Gasteiger charge is 2.26. The molecule has 1 unspecified atom stereocenters. The minimum Gasteiger partial charge on any atom is -0.496 e. The molecule has 0 heterocycles. The third kappa shape index (κ3) is 2.46. The van der Waals surface area contributed by atoms with Crippen LogP contribution in [-0.2, 0) is 6.42 Å². The number of para-hydroxylation sites is 1. The normalized spacial score (nSPS) is 18.3. The second-order valence-electron chi connectivity index (χ2n) is 4.22. The summed E-state index contributed by atoms with van der Waals surface area (Å²) in [6, 6.07) is 8.14. The van der Waals surface area contributed by atoms with Crippen molar-refractivity contribution >= 4 is 11.6 Å². The van der Waals surface area contributed by atoms with Crippen molar-refractivity contribution in [1.82, 2.24) is 0 Å². The van der Waals surface area contributed by atoms with Crippen molar-refractivity contribution in [3.05, 3.63) is 29.8 Å². The van der Waals surface area contributed by atoms with Crippen LogP contribution in [-0.4, -0.2) is 12.5 Å². The van der Waals surface area contributed by atoms with E-state index < -0.39 is 0 Å². The number of ether oxygens (including phenoxy) is 1. The van der Waals surface area contributed by atoms with Gasteiger partial charge >= 0.3 is 0 Å². The van der Waals surface area contributed by atoms with Crippen molar-refractivity contribution in [2.24, 2.45) is 5.92 Å². The minimum atomic E-state index is 0.273. The molecule has 1 aliphatic rings. The summed E-state index contributed by atoms with van der Waals surface area (Å²) in [5.74, 6) is 1.68. The lowest BCUT2D eigenvalue weighted by Crippen LogP contribution is -2.24. The van der Waals surface area contributed by atoms with Crippen molar-refractivity contribution in [3.63, 3.8) is 0 Å². The molecule has 0 saturated heterocycles. The Labute approximate surface area is 96.4 Å². The Hall–Kier alpha value is -0.690. The first-order chi connectivity index (χ1) is 7.31. The molecule has 0 spiro atoms. The summed E-state index contributed by atoms with van der Waals surface area (Å²) in [6.07, 6.45) is 4.86. The number of halogens is 1. The van der Waals surface area contributed by atoms with Crippen molar-refractivity contribution in [1.29, 1.82) is 0 Å². The fourth-order valence-corrected chi connectivity index (χ4v) is 2.47. The van der Waals surface area contributed by atoms with Crippen LogP contribution in [0.1, 0.15) is 24.8 Å². The average Bonchev–Trinajstić information content (AvgIpc) is 2.15. The lowest BCUT2D eigenvalue weighted by atomic mass is 9.81. The molecule has 1 saturated carbocycles. The van der Waals surface area contributed by atoms with Gasteiger partial charge in [0.05, 0.1) is 7.11 Å². The average molecular weight is 225 g/mol. The molecule has 1 aromatic rings. The van der Waals surface area contributed by atoms with Gasteiger partial charge in [-0.05, 0) is 36.8 Å². The van der Waals surface area contributed by atoms with Gasteiger partial charge in [0.1, 0.15) is 5.75 Å². The van der Waals surface area contributed by atoms with Gasteiger partial charge in [-0.2, -0.15) is 0 Å². The molecule has 82 valence electrons. The molecule has 0 aromatic heterocycles. The zero-order valence-corrected chi connectivity index (χ0v) is 9.83. The predicted molar refractivity (Wildman–Crippen MR) is 63.7 cm³/mol. The summed E-state index contributed by atoms with van der Waals surface area (Å²) >= 11 is 6.39. The quantitative estimate of drug-likeness (QED) is 0.710. The van der Waals surface area contributed by atoms with Gasteiger partial charge in [0, 0.05) is 5.38 Å². The smallest absolute Gasteiger partial charge is 0.122 e. The maximum Gasteiger partial charge on any atom is 0.122 e. The first kappa shape index (κ1) is 10.8. The molecule has 1 fully saturated rings. The summed E-state index contributed by atoms with van der Waals surface area (Å²) in [5, 5.41) is 0.273. The number of rotatable bonds is 4. The molecule has 0 N–H and O–H groups in total. The van der Waals surface area contributed by atoms with Crippen molar-refractivity contribution in [2.75, 3.05) is 7.11 Å². The molecule has 0 radical (unpaired) electrons. The van der Waals surface area contributed by atoms with E-state index in [-0.39, 0.29) is 5.38 Å². The summed E-state index contributed by atoms with van der Waals surface area (Å²) < 4.78 is 5.32. The van der Waals surface area contributed by atoms with E-state index in [0.29, 0.717) is 0 Å². The Bertz CT molecular complexity index is 320. The Morgan fingerprint density at radius 2 is 2.13 bits per heavy atom. The van der Waals surface area contributed by atoms with Gasteiger partial charge in [0.15, 0.2) is 0 Å². The van der Waals surface area contributed by atoms with Crippen LogP contribution in [0.2, 0.25) is 0 Å². The largest absolute Gasteiger partial charge is 0.496 e. The number of benzene rings is 1. The molecule has 0 aliphatic heterocycles. The first-order valence-corrected chi connectivity index (χ1v) is 6.01. The lowest BCUT2D eigenvalue weighted by Gasteiger charge is -2.30. The molecule has 2 heteroatoms. The molecular weight excluding hydrogens is 208 g/mol. The summed E-state index contributed by atoms with van der Waals surface area (Å²) in [7, 11) is 1.71. The molecule has 0 bridgehead atoms. The van der Waals surface area contributed by atoms with E-state index in [4.69, 9.17) is 16.3 Å². The number of methoxy groups -OCH3 is 1. The second-order valence-corrected chi connectivity index (χ2v) is 4.78. The molecule has 1 nitrogen and oxygen atoms in total. The fourth-order valence-electron chi connectivity index (χ4n) is 2.05. The van der Waals surface area contributed by atoms with Crippen LogP contribution in [0.25, 0.3) is 0 Å². The lowest BCUT2D eigenvalue weighted by molar-refractivity contribution is 0.300. The monoisotopic (exact) mass is 224 g/mol. The highest BCUT2D eigenvalue weighted by molar-refractivity contribution is 6.21. The van der Waals surface area contributed by atoms with Crippen molar-refractivity contribution in [3.8, 4) is 5.75 Å². The molecule has 1 aromatic carbocycles. The Kier molecular flexibility index (Phi) is 3.53. The first-order valence-electron chi connectivity index (χ1n) is 5.57. The molecule has 1 atom stereocenters. The number of hydrogen-bond donors (Lipinski definition) is 0. The maximum atomic E-state index is 6.39. The van der Waals surface area contributed by atoms with E-state index >= 15 is 0 Å². The van der Waals surface area contributed by atoms with Crippen molar-refractivity contribution < 1.29 is 4.74 Å². The van der Waals surface area contributed by atoms with Crippen LogP contribution in [0.3, 0.4) is 0 Å². The van der Waals surface area contributed by atoms with Crippen LogP contribution in [0, 0.1) is 5.92 Å². The predicted octanol–water partition coefficient (Wildman–Crippen LogP) is 3.65. The molecular formula is C13H17ClO. The highest BCUT2D eigenvalue weighted by Crippen LogP contribution is 2.35. The van der Waals surface area contributed by atoms with Gasteiger partial charge in [-0.25, -0.2) is 0 Å². The maximum absolute atomic E-state index is 6.39. The number of alkyl halides is 1. The molecule has 15 heavy (non-hydrogen) atoms. The fraction of sp³-hybridized carbons (Fsp3) is 0.538. The zero-order chi connectivity index (χ0) is 10.7. The van der Waals surface area contributed by atoms with Crippen LogP contribution in [0.4, 0.5) is 0 Å². The zero-order valence-electron chi connectivity index (χ0n) is 9.08. The van der Waals surface area contributed by atoms with Gasteiger partial charge in [-0.15, -0.1) is 11.6 Å². The molecule has 0 amide bonds. The van der Waals surface area contributed by atoms with E-state index in [2.05, 4.69) is 6.07 Å². The Balaban J connectivity index is 2.02. The van der Waals surface area contributed by atoms with Gasteiger partial charge in [-0.3, -0.25) is 0 Å². The van der Waals surface area contributed by atoms with E-state index in [1.807, 2.05) is 18.2 Å². The third-order valence-corrected chi connectivity index (χ3v) is 3.78. The van der Waals surface area contributed by atoms with Crippen LogP contribution >= 0.6 is 11.6 Å². The third-order valence-electron chi connectivity index (χ3n) is 3.27. The standard InChI is InChI=1S/C13H17ClO/c1-15-13-8-3-2-5-11(13)9-12(14)10-6-4-7-10/h2-3,5,8,10,12H,4,6-7,9H2,1H3. The van der Waals surface area contributed by atoms with E-state index in [1.54, 1.807) is 7.11 Å². The summed E-state index contributed by atoms with van der Waals surface area (Å²) in [4.78, 5) is 0. The van der Waals surface area contributed by atoms with E-state index in [9.17, 15) is 0 Å². The van der Waals surface area contributed by atoms with Crippen LogP contribution < -0.4 is 4.74 Å². The van der Waals surface area contributed by atoms with Crippen molar-refractivity contribution in [2.45, 2.75) is 31.1 Å². The summed E-state index contributed by atoms with van der Waals surface area (Å²) in [6.45, 7) is 0. The topological polar surface area (TPSA) is 9.23 Å². The van der Waals surface area contributed by atoms with E-state index in [0.717, 1.165) is 18.1 Å². The Morgan fingerprint density at radius 3 is 2.73 bits per heavy atom. The Morgan fingerprint density at radius 1 is 1.40 bits per heavy atom. The SMILES string of the molecule is COc1ccccc1CC(Cl)C1CCC1. The second kappa shape index (κ2) is 4.89. The van der Waals surface area contributed by atoms with E-state index in [1.165, 1.54) is 24.8 Å². The van der Waals surface area contributed by atoms with Gasteiger partial charge < -0.3 is 4.74 Å². The molecule has 1 aliphatic carbocycles. The molecule has 2 rings (SSSR count). The van der Waals surface area contributed by atoms with Crippen LogP contribution in [0.5, 0.6) is 5.75 Å². The highest BCUT2D eigenvalue weighted by atomic mass is 35.5.